The molecule has 6 heteroatoms. The zero-order valence-electron chi connectivity index (χ0n) is 13.0. The van der Waals surface area contributed by atoms with Crippen LogP contribution in [0.4, 0.5) is 20.2 Å². The minimum atomic E-state index is -1.07. The number of amides is 2. The van der Waals surface area contributed by atoms with Crippen molar-refractivity contribution in [3.8, 4) is 0 Å². The van der Waals surface area contributed by atoms with Gasteiger partial charge in [-0.25, -0.2) is 8.78 Å². The quantitative estimate of drug-likeness (QED) is 0.872. The van der Waals surface area contributed by atoms with Crippen LogP contribution in [-0.2, 0) is 4.79 Å². The number of halogens is 2. The van der Waals surface area contributed by atoms with Crippen molar-refractivity contribution in [2.24, 2.45) is 0 Å². The van der Waals surface area contributed by atoms with Crippen molar-refractivity contribution in [3.05, 3.63) is 59.7 Å². The second-order valence-electron chi connectivity index (χ2n) is 5.09. The number of hydrogen-bond donors (Lipinski definition) is 0. The molecule has 2 aromatic rings. The molecule has 0 spiro atoms. The molecule has 120 valence electrons. The van der Waals surface area contributed by atoms with Crippen LogP contribution in [0, 0.1) is 11.6 Å². The van der Waals surface area contributed by atoms with Gasteiger partial charge in [-0.1, -0.05) is 0 Å². The summed E-state index contributed by atoms with van der Waals surface area (Å²) in [6.07, 6.45) is 0. The largest absolute Gasteiger partial charge is 0.316 e. The van der Waals surface area contributed by atoms with E-state index in [-0.39, 0.29) is 11.5 Å². The lowest BCUT2D eigenvalue weighted by Crippen LogP contribution is -2.27. The summed E-state index contributed by atoms with van der Waals surface area (Å²) >= 11 is 0. The molecule has 0 N–H and O–H groups in total. The Labute approximate surface area is 132 Å². The van der Waals surface area contributed by atoms with E-state index in [4.69, 9.17) is 0 Å². The van der Waals surface area contributed by atoms with Gasteiger partial charge in [0.25, 0.3) is 5.91 Å². The topological polar surface area (TPSA) is 40.6 Å². The lowest BCUT2D eigenvalue weighted by atomic mass is 10.1. The van der Waals surface area contributed by atoms with Gasteiger partial charge in [-0.05, 0) is 42.5 Å². The van der Waals surface area contributed by atoms with Crippen LogP contribution in [0.1, 0.15) is 17.3 Å². The number of nitrogens with zero attached hydrogens (tertiary/aromatic N) is 2. The standard InChI is InChI=1S/C17H16F2N2O2/c1-11(22)20(2)13-5-7-14(8-6-13)21(3)17(23)12-4-9-15(18)16(19)10-12/h4-10H,1-3H3. The van der Waals surface area contributed by atoms with Gasteiger partial charge in [0.1, 0.15) is 0 Å². The molecule has 0 heterocycles. The van der Waals surface area contributed by atoms with E-state index in [1.807, 2.05) is 0 Å². The number of carbonyl (C=O) groups excluding carboxylic acids is 2. The number of benzene rings is 2. The molecule has 0 saturated heterocycles. The van der Waals surface area contributed by atoms with Gasteiger partial charge in [-0.15, -0.1) is 0 Å². The van der Waals surface area contributed by atoms with Gasteiger partial charge in [0.2, 0.25) is 5.91 Å². The molecule has 2 rings (SSSR count). The van der Waals surface area contributed by atoms with Gasteiger partial charge < -0.3 is 9.80 Å². The number of rotatable bonds is 3. The normalized spacial score (nSPS) is 10.3. The molecule has 0 bridgehead atoms. The Bertz CT molecular complexity index is 745. The van der Waals surface area contributed by atoms with Crippen LogP contribution in [0.15, 0.2) is 42.5 Å². The SMILES string of the molecule is CC(=O)N(C)c1ccc(N(C)C(=O)c2ccc(F)c(F)c2)cc1. The van der Waals surface area contributed by atoms with E-state index in [1.54, 1.807) is 31.3 Å². The van der Waals surface area contributed by atoms with E-state index in [0.29, 0.717) is 11.4 Å². The van der Waals surface area contributed by atoms with Crippen LogP contribution in [0.3, 0.4) is 0 Å². The first-order valence-electron chi connectivity index (χ1n) is 6.88. The molecular weight excluding hydrogens is 302 g/mol. The van der Waals surface area contributed by atoms with Crippen LogP contribution in [0.2, 0.25) is 0 Å². The van der Waals surface area contributed by atoms with Crippen LogP contribution in [0.5, 0.6) is 0 Å². The highest BCUT2D eigenvalue weighted by Gasteiger charge is 2.16. The van der Waals surface area contributed by atoms with Crippen molar-refractivity contribution in [3.63, 3.8) is 0 Å². The molecule has 0 radical (unpaired) electrons. The maximum absolute atomic E-state index is 13.2. The molecule has 2 aromatic carbocycles. The average molecular weight is 318 g/mol. The lowest BCUT2D eigenvalue weighted by Gasteiger charge is -2.20. The highest BCUT2D eigenvalue weighted by Crippen LogP contribution is 2.21. The molecule has 0 fully saturated rings. The Balaban J connectivity index is 2.22. The Morgan fingerprint density at radius 1 is 0.826 bits per heavy atom. The Morgan fingerprint density at radius 3 is 1.83 bits per heavy atom. The summed E-state index contributed by atoms with van der Waals surface area (Å²) in [7, 11) is 3.18. The Kier molecular flexibility index (Phi) is 4.74. The third kappa shape index (κ3) is 3.53. The van der Waals surface area contributed by atoms with Crippen LogP contribution in [0.25, 0.3) is 0 Å². The first-order chi connectivity index (χ1) is 10.8. The van der Waals surface area contributed by atoms with Gasteiger partial charge in [0, 0.05) is 38.0 Å². The van der Waals surface area contributed by atoms with E-state index in [2.05, 4.69) is 0 Å². The van der Waals surface area contributed by atoms with E-state index in [9.17, 15) is 18.4 Å². The summed E-state index contributed by atoms with van der Waals surface area (Å²) in [5.74, 6) is -2.64. The molecule has 0 saturated carbocycles. The van der Waals surface area contributed by atoms with Crippen molar-refractivity contribution >= 4 is 23.2 Å². The fourth-order valence-electron chi connectivity index (χ4n) is 2.02. The first-order valence-corrected chi connectivity index (χ1v) is 6.88. The van der Waals surface area contributed by atoms with Crippen molar-refractivity contribution in [2.75, 3.05) is 23.9 Å². The first kappa shape index (κ1) is 16.6. The van der Waals surface area contributed by atoms with Crippen molar-refractivity contribution in [1.29, 1.82) is 0 Å². The van der Waals surface area contributed by atoms with Crippen LogP contribution < -0.4 is 9.80 Å². The molecule has 0 aliphatic rings. The molecule has 0 aliphatic carbocycles. The summed E-state index contributed by atoms with van der Waals surface area (Å²) in [5, 5.41) is 0. The van der Waals surface area contributed by atoms with Crippen LogP contribution in [-0.4, -0.2) is 25.9 Å². The molecule has 0 aliphatic heterocycles. The highest BCUT2D eigenvalue weighted by molar-refractivity contribution is 6.05. The molecule has 0 atom stereocenters. The molecule has 0 aromatic heterocycles. The monoisotopic (exact) mass is 318 g/mol. The summed E-state index contributed by atoms with van der Waals surface area (Å²) in [5.41, 5.74) is 1.31. The Hall–Kier alpha value is -2.76. The van der Waals surface area contributed by atoms with Gasteiger partial charge in [-0.3, -0.25) is 9.59 Å². The average Bonchev–Trinajstić information content (AvgIpc) is 2.55. The van der Waals surface area contributed by atoms with Gasteiger partial charge in [0.05, 0.1) is 0 Å². The maximum Gasteiger partial charge on any atom is 0.258 e. The zero-order valence-corrected chi connectivity index (χ0v) is 13.0. The number of carbonyl (C=O) groups is 2. The highest BCUT2D eigenvalue weighted by atomic mass is 19.2. The number of anilines is 2. The van der Waals surface area contributed by atoms with E-state index in [0.717, 1.165) is 12.1 Å². The number of hydrogen-bond acceptors (Lipinski definition) is 2. The van der Waals surface area contributed by atoms with Gasteiger partial charge in [-0.2, -0.15) is 0 Å². The van der Waals surface area contributed by atoms with Crippen molar-refractivity contribution < 1.29 is 18.4 Å². The molecule has 4 nitrogen and oxygen atoms in total. The minimum Gasteiger partial charge on any atom is -0.316 e. The van der Waals surface area contributed by atoms with E-state index < -0.39 is 17.5 Å². The summed E-state index contributed by atoms with van der Waals surface area (Å²) in [4.78, 5) is 26.4. The van der Waals surface area contributed by atoms with Gasteiger partial charge >= 0.3 is 0 Å². The molecular formula is C17H16F2N2O2. The van der Waals surface area contributed by atoms with Gasteiger partial charge in [0.15, 0.2) is 11.6 Å². The molecule has 2 amide bonds. The maximum atomic E-state index is 13.2. The predicted molar refractivity (Wildman–Crippen MR) is 84.6 cm³/mol. The smallest absolute Gasteiger partial charge is 0.258 e. The third-order valence-corrected chi connectivity index (χ3v) is 3.57. The van der Waals surface area contributed by atoms with E-state index >= 15 is 0 Å². The van der Waals surface area contributed by atoms with Crippen LogP contribution >= 0.6 is 0 Å². The third-order valence-electron chi connectivity index (χ3n) is 3.57. The second kappa shape index (κ2) is 6.56. The van der Waals surface area contributed by atoms with E-state index in [1.165, 1.54) is 29.8 Å². The second-order valence-corrected chi connectivity index (χ2v) is 5.09. The summed E-state index contributed by atoms with van der Waals surface area (Å²) in [6, 6.07) is 9.76. The van der Waals surface area contributed by atoms with Crippen molar-refractivity contribution in [1.82, 2.24) is 0 Å². The zero-order chi connectivity index (χ0) is 17.1. The minimum absolute atomic E-state index is 0.0522. The van der Waals surface area contributed by atoms with Crippen molar-refractivity contribution in [2.45, 2.75) is 6.92 Å². The Morgan fingerprint density at radius 2 is 1.35 bits per heavy atom. The fourth-order valence-corrected chi connectivity index (χ4v) is 2.02. The fraction of sp³-hybridized carbons (Fsp3) is 0.176. The summed E-state index contributed by atoms with van der Waals surface area (Å²) in [6.45, 7) is 1.45. The lowest BCUT2D eigenvalue weighted by molar-refractivity contribution is -0.116. The molecule has 23 heavy (non-hydrogen) atoms. The molecule has 0 unspecified atom stereocenters. The summed E-state index contributed by atoms with van der Waals surface area (Å²) < 4.78 is 26.2. The predicted octanol–water partition coefficient (Wildman–Crippen LogP) is 3.22.